The van der Waals surface area contributed by atoms with E-state index >= 15 is 4.39 Å². The third-order valence-electron chi connectivity index (χ3n) is 4.93. The molecule has 0 saturated heterocycles. The summed E-state index contributed by atoms with van der Waals surface area (Å²) < 4.78 is 52.3. The summed E-state index contributed by atoms with van der Waals surface area (Å²) in [6.07, 6.45) is 0.294. The zero-order valence-electron chi connectivity index (χ0n) is 22.0. The predicted octanol–water partition coefficient (Wildman–Crippen LogP) is 4.79. The first-order valence-electron chi connectivity index (χ1n) is 11.7. The van der Waals surface area contributed by atoms with Gasteiger partial charge in [-0.25, -0.2) is 27.1 Å². The standard InChI is InChI=1S/C27H27ClFN3O6S/c1-6-37-25(33)22-24(39(5,35)36)23(18-10-12-19(28)13-11-18)32(31-22)21-14-9-17(16-20(21)29)8-7-15-30-26(34)38-27(2,3)4/h9-14,16H,6,15H2,1-5H3,(H,30,34). The van der Waals surface area contributed by atoms with Crippen molar-refractivity contribution in [1.82, 2.24) is 15.1 Å². The van der Waals surface area contributed by atoms with Crippen molar-refractivity contribution in [2.75, 3.05) is 19.4 Å². The molecule has 0 aliphatic carbocycles. The fourth-order valence-corrected chi connectivity index (χ4v) is 4.61. The van der Waals surface area contributed by atoms with Crippen LogP contribution in [-0.2, 0) is 19.3 Å². The minimum absolute atomic E-state index is 0.0182. The van der Waals surface area contributed by atoms with Crippen LogP contribution in [0.2, 0.25) is 5.02 Å². The summed E-state index contributed by atoms with van der Waals surface area (Å²) in [7, 11) is -4.03. The second-order valence-corrected chi connectivity index (χ2v) is 11.7. The molecule has 0 saturated carbocycles. The van der Waals surface area contributed by atoms with Crippen molar-refractivity contribution in [1.29, 1.82) is 0 Å². The van der Waals surface area contributed by atoms with Gasteiger partial charge in [0, 0.05) is 22.4 Å². The van der Waals surface area contributed by atoms with Crippen molar-refractivity contribution in [3.8, 4) is 28.8 Å². The highest BCUT2D eigenvalue weighted by Gasteiger charge is 2.32. The summed E-state index contributed by atoms with van der Waals surface area (Å²) in [6.45, 7) is 6.71. The SMILES string of the molecule is CCOC(=O)c1nn(-c2ccc(C#CCNC(=O)OC(C)(C)C)cc2F)c(-c2ccc(Cl)cc2)c1S(C)(=O)=O. The number of hydrogen-bond donors (Lipinski definition) is 1. The van der Waals surface area contributed by atoms with E-state index in [1.54, 1.807) is 27.7 Å². The van der Waals surface area contributed by atoms with Crippen molar-refractivity contribution in [3.05, 3.63) is 64.6 Å². The maximum absolute atomic E-state index is 15.4. The van der Waals surface area contributed by atoms with Gasteiger partial charge in [-0.3, -0.25) is 0 Å². The van der Waals surface area contributed by atoms with Gasteiger partial charge in [-0.15, -0.1) is 0 Å². The van der Waals surface area contributed by atoms with Gasteiger partial charge in [-0.2, -0.15) is 5.10 Å². The molecule has 1 heterocycles. The molecular weight excluding hydrogens is 549 g/mol. The predicted molar refractivity (Wildman–Crippen MR) is 144 cm³/mol. The van der Waals surface area contributed by atoms with Gasteiger partial charge in [-0.1, -0.05) is 35.6 Å². The quantitative estimate of drug-likeness (QED) is 0.332. The van der Waals surface area contributed by atoms with Gasteiger partial charge < -0.3 is 14.8 Å². The Kier molecular flexibility index (Phi) is 9.04. The molecule has 1 amide bonds. The van der Waals surface area contributed by atoms with E-state index in [4.69, 9.17) is 21.1 Å². The monoisotopic (exact) mass is 575 g/mol. The van der Waals surface area contributed by atoms with E-state index in [0.717, 1.165) is 17.0 Å². The van der Waals surface area contributed by atoms with Gasteiger partial charge in [0.05, 0.1) is 18.8 Å². The first-order chi connectivity index (χ1) is 18.2. The molecule has 0 radical (unpaired) electrons. The number of benzene rings is 2. The topological polar surface area (TPSA) is 117 Å². The summed E-state index contributed by atoms with van der Waals surface area (Å²) in [5.74, 6) is 3.69. The van der Waals surface area contributed by atoms with Gasteiger partial charge in [-0.05, 0) is 58.0 Å². The van der Waals surface area contributed by atoms with Crippen molar-refractivity contribution in [3.63, 3.8) is 0 Å². The number of nitrogens with zero attached hydrogens (tertiary/aromatic N) is 2. The van der Waals surface area contributed by atoms with Gasteiger partial charge in [0.15, 0.2) is 15.5 Å². The molecule has 1 aromatic heterocycles. The van der Waals surface area contributed by atoms with Gasteiger partial charge in [0.1, 0.15) is 22.0 Å². The van der Waals surface area contributed by atoms with E-state index in [1.807, 2.05) is 0 Å². The molecule has 0 bridgehead atoms. The van der Waals surface area contributed by atoms with Crippen LogP contribution in [0, 0.1) is 17.7 Å². The molecule has 0 aliphatic heterocycles. The number of halogens is 2. The van der Waals surface area contributed by atoms with E-state index < -0.39 is 43.9 Å². The Morgan fingerprint density at radius 1 is 1.15 bits per heavy atom. The van der Waals surface area contributed by atoms with Crippen LogP contribution in [0.3, 0.4) is 0 Å². The highest BCUT2D eigenvalue weighted by atomic mass is 35.5. The van der Waals surface area contributed by atoms with Crippen LogP contribution in [-0.4, -0.2) is 55.3 Å². The fraction of sp³-hybridized carbons (Fsp3) is 0.296. The molecule has 0 fully saturated rings. The maximum atomic E-state index is 15.4. The van der Waals surface area contributed by atoms with Crippen LogP contribution < -0.4 is 5.32 Å². The molecule has 9 nitrogen and oxygen atoms in total. The lowest BCUT2D eigenvalue weighted by Gasteiger charge is -2.19. The third-order valence-corrected chi connectivity index (χ3v) is 6.31. The Morgan fingerprint density at radius 3 is 2.38 bits per heavy atom. The minimum Gasteiger partial charge on any atom is -0.461 e. The number of nitrogens with one attached hydrogen (secondary N) is 1. The highest BCUT2D eigenvalue weighted by molar-refractivity contribution is 7.91. The minimum atomic E-state index is -4.03. The maximum Gasteiger partial charge on any atom is 0.408 e. The number of aromatic nitrogens is 2. The molecule has 0 spiro atoms. The first-order valence-corrected chi connectivity index (χ1v) is 14.0. The van der Waals surface area contributed by atoms with E-state index in [2.05, 4.69) is 22.3 Å². The zero-order chi connectivity index (χ0) is 29.0. The van der Waals surface area contributed by atoms with E-state index in [1.165, 1.54) is 36.4 Å². The lowest BCUT2D eigenvalue weighted by Crippen LogP contribution is -2.32. The smallest absolute Gasteiger partial charge is 0.408 e. The molecule has 0 atom stereocenters. The number of ether oxygens (including phenoxy) is 2. The number of sulfone groups is 1. The number of alkyl carbamates (subject to hydrolysis) is 1. The van der Waals surface area contributed by atoms with Gasteiger partial charge >= 0.3 is 12.1 Å². The molecular formula is C27H27ClFN3O6S. The summed E-state index contributed by atoms with van der Waals surface area (Å²) in [5, 5.41) is 7.05. The normalized spacial score (nSPS) is 11.4. The Hall–Kier alpha value is -3.88. The second-order valence-electron chi connectivity index (χ2n) is 9.26. The van der Waals surface area contributed by atoms with Crippen LogP contribution in [0.1, 0.15) is 43.7 Å². The second kappa shape index (κ2) is 11.9. The van der Waals surface area contributed by atoms with E-state index in [9.17, 15) is 18.0 Å². The van der Waals surface area contributed by atoms with Crippen LogP contribution >= 0.6 is 11.6 Å². The van der Waals surface area contributed by atoms with Crippen LogP contribution in [0.25, 0.3) is 16.9 Å². The molecule has 39 heavy (non-hydrogen) atoms. The molecule has 206 valence electrons. The van der Waals surface area contributed by atoms with E-state index in [0.29, 0.717) is 10.6 Å². The number of rotatable bonds is 6. The molecule has 12 heteroatoms. The number of hydrogen-bond acceptors (Lipinski definition) is 7. The Bertz CT molecular complexity index is 1570. The molecule has 0 aliphatic rings. The molecule has 2 aromatic carbocycles. The Labute approximate surface area is 231 Å². The lowest BCUT2D eigenvalue weighted by molar-refractivity contribution is 0.0510. The summed E-state index contributed by atoms with van der Waals surface area (Å²) in [4.78, 5) is 24.0. The molecule has 1 N–H and O–H groups in total. The van der Waals surface area contributed by atoms with E-state index in [-0.39, 0.29) is 30.1 Å². The number of carbonyl (C=O) groups excluding carboxylic acids is 2. The Morgan fingerprint density at radius 2 is 1.82 bits per heavy atom. The first kappa shape index (κ1) is 29.7. The summed E-state index contributed by atoms with van der Waals surface area (Å²) in [5.41, 5.74) is -0.663. The largest absolute Gasteiger partial charge is 0.461 e. The molecule has 0 unspecified atom stereocenters. The van der Waals surface area contributed by atoms with Crippen LogP contribution in [0.4, 0.5) is 9.18 Å². The van der Waals surface area contributed by atoms with Gasteiger partial charge in [0.25, 0.3) is 0 Å². The average molecular weight is 576 g/mol. The summed E-state index contributed by atoms with van der Waals surface area (Å²) >= 11 is 6.00. The van der Waals surface area contributed by atoms with Crippen molar-refractivity contribution in [2.45, 2.75) is 38.2 Å². The fourth-order valence-electron chi connectivity index (χ4n) is 3.46. The zero-order valence-corrected chi connectivity index (χ0v) is 23.5. The van der Waals surface area contributed by atoms with Crippen LogP contribution in [0.15, 0.2) is 47.4 Å². The van der Waals surface area contributed by atoms with Crippen molar-refractivity contribution >= 4 is 33.5 Å². The number of esters is 1. The Balaban J connectivity index is 2.06. The van der Waals surface area contributed by atoms with Crippen LogP contribution in [0.5, 0.6) is 0 Å². The third kappa shape index (κ3) is 7.59. The molecule has 3 rings (SSSR count). The van der Waals surface area contributed by atoms with Crippen molar-refractivity contribution < 1.29 is 31.9 Å². The average Bonchev–Trinajstić information content (AvgIpc) is 3.23. The number of amides is 1. The molecule has 3 aromatic rings. The number of carbonyl (C=O) groups is 2. The van der Waals surface area contributed by atoms with Crippen molar-refractivity contribution in [2.24, 2.45) is 0 Å². The highest BCUT2D eigenvalue weighted by Crippen LogP contribution is 2.34. The lowest BCUT2D eigenvalue weighted by atomic mass is 10.1. The van der Waals surface area contributed by atoms with Gasteiger partial charge in [0.2, 0.25) is 0 Å². The summed E-state index contributed by atoms with van der Waals surface area (Å²) in [6, 6.07) is 10.1.